The number of rotatable bonds is 5. The number of carbonyl (C=O) groups is 3. The van der Waals surface area contributed by atoms with E-state index in [1.165, 1.54) is 0 Å². The zero-order valence-corrected chi connectivity index (χ0v) is 14.9. The van der Waals surface area contributed by atoms with Crippen LogP contribution in [-0.2, 0) is 11.2 Å². The fourth-order valence-corrected chi connectivity index (χ4v) is 3.41. The van der Waals surface area contributed by atoms with E-state index in [9.17, 15) is 14.4 Å². The summed E-state index contributed by atoms with van der Waals surface area (Å²) < 4.78 is 0. The molecule has 3 amide bonds. The maximum atomic E-state index is 12.5. The number of hydrogen-bond acceptors (Lipinski definition) is 3. The molecule has 1 aliphatic heterocycles. The van der Waals surface area contributed by atoms with Crippen LogP contribution in [0, 0.1) is 0 Å². The lowest BCUT2D eigenvalue weighted by Gasteiger charge is -2.21. The lowest BCUT2D eigenvalue weighted by atomic mass is 10.1. The fourth-order valence-electron chi connectivity index (χ4n) is 3.41. The second kappa shape index (κ2) is 6.72. The van der Waals surface area contributed by atoms with Crippen molar-refractivity contribution in [3.8, 4) is 0 Å². The topological polar surface area (TPSA) is 82.3 Å². The molecule has 1 aliphatic rings. The minimum atomic E-state index is -0.858. The molecule has 2 N–H and O–H groups in total. The second-order valence-electron chi connectivity index (χ2n) is 6.64. The number of nitrogens with zero attached hydrogens (tertiary/aromatic N) is 1. The highest BCUT2D eigenvalue weighted by Gasteiger charge is 2.40. The van der Waals surface area contributed by atoms with Crippen molar-refractivity contribution < 1.29 is 14.4 Å². The van der Waals surface area contributed by atoms with Gasteiger partial charge in [-0.15, -0.1) is 0 Å². The number of aromatic amines is 1. The lowest BCUT2D eigenvalue weighted by Crippen LogP contribution is -2.48. The van der Waals surface area contributed by atoms with Gasteiger partial charge in [-0.1, -0.05) is 24.3 Å². The Morgan fingerprint density at radius 1 is 1.07 bits per heavy atom. The fraction of sp³-hybridized carbons (Fsp3) is 0.190. The molecule has 27 heavy (non-hydrogen) atoms. The number of hydrogen-bond donors (Lipinski definition) is 2. The molecular formula is C21H19N3O3. The standard InChI is InChI=1S/C21H19N3O3/c1-13(24-20(26)16-4-2-3-5-17(16)21(24)27)19(25)23-10-8-14-6-7-15-9-11-22-18(15)12-14/h2-7,9,11-13,22H,8,10H2,1H3,(H,23,25). The van der Waals surface area contributed by atoms with Gasteiger partial charge in [0, 0.05) is 18.3 Å². The normalized spacial score (nSPS) is 14.5. The molecule has 2 aromatic carbocycles. The van der Waals surface area contributed by atoms with Crippen LogP contribution in [0.25, 0.3) is 10.9 Å². The Morgan fingerprint density at radius 2 is 1.78 bits per heavy atom. The third-order valence-electron chi connectivity index (χ3n) is 4.92. The maximum absolute atomic E-state index is 12.5. The van der Waals surface area contributed by atoms with Crippen LogP contribution >= 0.6 is 0 Å². The van der Waals surface area contributed by atoms with E-state index in [4.69, 9.17) is 0 Å². The van der Waals surface area contributed by atoms with Crippen LogP contribution in [0.3, 0.4) is 0 Å². The number of aromatic nitrogens is 1. The van der Waals surface area contributed by atoms with E-state index in [0.717, 1.165) is 21.4 Å². The van der Waals surface area contributed by atoms with Crippen molar-refractivity contribution >= 4 is 28.6 Å². The van der Waals surface area contributed by atoms with Crippen molar-refractivity contribution in [3.63, 3.8) is 0 Å². The Bertz CT molecular complexity index is 1020. The molecule has 6 nitrogen and oxygen atoms in total. The number of imide groups is 1. The molecule has 1 aromatic heterocycles. The molecule has 0 fully saturated rings. The van der Waals surface area contributed by atoms with E-state index in [2.05, 4.69) is 16.4 Å². The van der Waals surface area contributed by atoms with Gasteiger partial charge in [0.05, 0.1) is 11.1 Å². The molecule has 0 radical (unpaired) electrons. The van der Waals surface area contributed by atoms with E-state index >= 15 is 0 Å². The first-order valence-corrected chi connectivity index (χ1v) is 8.87. The summed E-state index contributed by atoms with van der Waals surface area (Å²) in [6, 6.07) is 13.9. The van der Waals surface area contributed by atoms with Crippen LogP contribution in [0.5, 0.6) is 0 Å². The van der Waals surface area contributed by atoms with Crippen LogP contribution in [0.15, 0.2) is 54.7 Å². The highest BCUT2D eigenvalue weighted by Crippen LogP contribution is 2.24. The monoisotopic (exact) mass is 361 g/mol. The van der Waals surface area contributed by atoms with Gasteiger partial charge in [-0.25, -0.2) is 0 Å². The Balaban J connectivity index is 1.38. The highest BCUT2D eigenvalue weighted by atomic mass is 16.2. The van der Waals surface area contributed by atoms with Crippen molar-refractivity contribution in [2.75, 3.05) is 6.54 Å². The average molecular weight is 361 g/mol. The number of H-pyrrole nitrogens is 1. The summed E-state index contributed by atoms with van der Waals surface area (Å²) in [5, 5.41) is 3.96. The maximum Gasteiger partial charge on any atom is 0.262 e. The second-order valence-corrected chi connectivity index (χ2v) is 6.64. The van der Waals surface area contributed by atoms with Crippen molar-refractivity contribution in [1.82, 2.24) is 15.2 Å². The van der Waals surface area contributed by atoms with Crippen molar-refractivity contribution in [2.24, 2.45) is 0 Å². The minimum Gasteiger partial charge on any atom is -0.361 e. The Hall–Kier alpha value is -3.41. The quantitative estimate of drug-likeness (QED) is 0.685. The number of nitrogens with one attached hydrogen (secondary N) is 2. The van der Waals surface area contributed by atoms with Crippen molar-refractivity contribution in [3.05, 3.63) is 71.4 Å². The summed E-state index contributed by atoms with van der Waals surface area (Å²) in [4.78, 5) is 41.6. The highest BCUT2D eigenvalue weighted by molar-refractivity contribution is 6.22. The first kappa shape index (κ1) is 17.0. The third-order valence-corrected chi connectivity index (χ3v) is 4.92. The molecule has 3 aromatic rings. The summed E-state index contributed by atoms with van der Waals surface area (Å²) >= 11 is 0. The van der Waals surface area contributed by atoms with Gasteiger partial charge in [0.2, 0.25) is 5.91 Å². The van der Waals surface area contributed by atoms with Crippen LogP contribution in [0.2, 0.25) is 0 Å². The van der Waals surface area contributed by atoms with E-state index < -0.39 is 17.9 Å². The zero-order valence-electron chi connectivity index (χ0n) is 14.9. The van der Waals surface area contributed by atoms with Gasteiger partial charge in [-0.2, -0.15) is 0 Å². The van der Waals surface area contributed by atoms with Gasteiger partial charge >= 0.3 is 0 Å². The summed E-state index contributed by atoms with van der Waals surface area (Å²) in [5.74, 6) is -1.18. The predicted octanol–water partition coefficient (Wildman–Crippen LogP) is 2.51. The third kappa shape index (κ3) is 2.99. The predicted molar refractivity (Wildman–Crippen MR) is 101 cm³/mol. The summed E-state index contributed by atoms with van der Waals surface area (Å²) in [6.07, 6.45) is 2.55. The molecule has 1 unspecified atom stereocenters. The summed E-state index contributed by atoms with van der Waals surface area (Å²) in [5.41, 5.74) is 2.85. The van der Waals surface area contributed by atoms with Crippen molar-refractivity contribution in [2.45, 2.75) is 19.4 Å². The Morgan fingerprint density at radius 3 is 2.48 bits per heavy atom. The molecule has 136 valence electrons. The van der Waals surface area contributed by atoms with Crippen molar-refractivity contribution in [1.29, 1.82) is 0 Å². The molecule has 6 heteroatoms. The van der Waals surface area contributed by atoms with Crippen LogP contribution < -0.4 is 5.32 Å². The SMILES string of the molecule is CC(C(=O)NCCc1ccc2cc[nH]c2c1)N1C(=O)c2ccccc2C1=O. The van der Waals surface area contributed by atoms with Crippen LogP contribution in [0.1, 0.15) is 33.2 Å². The number of carbonyl (C=O) groups excluding carboxylic acids is 3. The average Bonchev–Trinajstić information content (AvgIpc) is 3.24. The van der Waals surface area contributed by atoms with Crippen LogP contribution in [0.4, 0.5) is 0 Å². The van der Waals surface area contributed by atoms with Crippen LogP contribution in [-0.4, -0.2) is 40.2 Å². The molecule has 2 heterocycles. The molecule has 0 aliphatic carbocycles. The number of benzene rings is 2. The zero-order chi connectivity index (χ0) is 19.0. The molecule has 0 saturated carbocycles. The first-order valence-electron chi connectivity index (χ1n) is 8.87. The van der Waals surface area contributed by atoms with E-state index in [-0.39, 0.29) is 5.91 Å². The largest absolute Gasteiger partial charge is 0.361 e. The van der Waals surface area contributed by atoms with E-state index in [0.29, 0.717) is 24.1 Å². The summed E-state index contributed by atoms with van der Waals surface area (Å²) in [7, 11) is 0. The van der Waals surface area contributed by atoms with Gasteiger partial charge in [0.25, 0.3) is 11.8 Å². The molecule has 0 saturated heterocycles. The Kier molecular flexibility index (Phi) is 4.24. The van der Waals surface area contributed by atoms with Gasteiger partial charge in [-0.05, 0) is 48.6 Å². The van der Waals surface area contributed by atoms with E-state index in [1.807, 2.05) is 24.4 Å². The molecule has 0 spiro atoms. The van der Waals surface area contributed by atoms with Gasteiger partial charge in [0.15, 0.2) is 0 Å². The van der Waals surface area contributed by atoms with E-state index in [1.54, 1.807) is 31.2 Å². The molecule has 4 rings (SSSR count). The van der Waals surface area contributed by atoms with Gasteiger partial charge in [-0.3, -0.25) is 19.3 Å². The smallest absolute Gasteiger partial charge is 0.262 e. The van der Waals surface area contributed by atoms with Gasteiger partial charge < -0.3 is 10.3 Å². The van der Waals surface area contributed by atoms with Gasteiger partial charge in [0.1, 0.15) is 6.04 Å². The molecular weight excluding hydrogens is 342 g/mol. The number of amides is 3. The molecule has 0 bridgehead atoms. The summed E-state index contributed by atoms with van der Waals surface area (Å²) in [6.45, 7) is 2.00. The number of fused-ring (bicyclic) bond motifs is 2. The Labute approximate surface area is 156 Å². The minimum absolute atomic E-state index is 0.342. The molecule has 1 atom stereocenters. The first-order chi connectivity index (χ1) is 13.1. The lowest BCUT2D eigenvalue weighted by molar-refractivity contribution is -0.124.